The lowest BCUT2D eigenvalue weighted by Gasteiger charge is -2.09. The fraction of sp³-hybridized carbons (Fsp3) is 0.500. The monoisotopic (exact) mass is 349 g/mol. The van der Waals surface area contributed by atoms with Gasteiger partial charge in [-0.1, -0.05) is 0 Å². The van der Waals surface area contributed by atoms with Gasteiger partial charge in [-0.05, 0) is 40.9 Å². The molecule has 0 spiro atoms. The first-order valence-corrected chi connectivity index (χ1v) is 7.40. The Morgan fingerprint density at radius 1 is 1.53 bits per heavy atom. The molecule has 1 aromatic rings. The molecule has 0 saturated heterocycles. The summed E-state index contributed by atoms with van der Waals surface area (Å²) in [6, 6.07) is 4.00. The van der Waals surface area contributed by atoms with Crippen LogP contribution in [0.3, 0.4) is 0 Å². The van der Waals surface area contributed by atoms with Gasteiger partial charge in [-0.3, -0.25) is 4.79 Å². The number of ether oxygens (including phenoxy) is 1. The molecule has 1 rings (SSSR count). The summed E-state index contributed by atoms with van der Waals surface area (Å²) in [5, 5.41) is 11.8. The molecule has 0 fully saturated rings. The standard InChI is InChI=1S/C12H16BrNO4S/c1-18-12(17)9(15)7-14-11(16)4-2-3-8-5-6-10(13)19-8/h5-6,9,15H,2-4,7H2,1H3,(H,14,16). The number of halogens is 1. The second-order valence-electron chi connectivity index (χ2n) is 3.90. The lowest BCUT2D eigenvalue weighted by molar-refractivity contribution is -0.150. The van der Waals surface area contributed by atoms with E-state index in [-0.39, 0.29) is 12.5 Å². The molecule has 0 aliphatic heterocycles. The van der Waals surface area contributed by atoms with Crippen LogP contribution in [0.2, 0.25) is 0 Å². The van der Waals surface area contributed by atoms with Crippen LogP contribution in [0.5, 0.6) is 0 Å². The third-order valence-electron chi connectivity index (χ3n) is 2.42. The van der Waals surface area contributed by atoms with Crippen LogP contribution in [-0.4, -0.2) is 36.7 Å². The Labute approximate surface area is 124 Å². The van der Waals surface area contributed by atoms with Crippen LogP contribution in [0.25, 0.3) is 0 Å². The Bertz CT molecular complexity index is 435. The highest BCUT2D eigenvalue weighted by molar-refractivity contribution is 9.11. The van der Waals surface area contributed by atoms with Gasteiger partial charge < -0.3 is 15.2 Å². The highest BCUT2D eigenvalue weighted by Crippen LogP contribution is 2.23. The molecule has 0 aliphatic rings. The Morgan fingerprint density at radius 3 is 2.84 bits per heavy atom. The maximum Gasteiger partial charge on any atom is 0.336 e. The van der Waals surface area contributed by atoms with Crippen LogP contribution < -0.4 is 5.32 Å². The van der Waals surface area contributed by atoms with Gasteiger partial charge in [0, 0.05) is 11.3 Å². The van der Waals surface area contributed by atoms with Gasteiger partial charge in [0.15, 0.2) is 6.10 Å². The fourth-order valence-corrected chi connectivity index (χ4v) is 2.95. The number of aliphatic hydroxyl groups excluding tert-OH is 1. The normalized spacial score (nSPS) is 11.9. The van der Waals surface area contributed by atoms with Gasteiger partial charge in [0.1, 0.15) is 0 Å². The molecule has 0 saturated carbocycles. The molecule has 1 amide bonds. The van der Waals surface area contributed by atoms with Gasteiger partial charge >= 0.3 is 5.97 Å². The van der Waals surface area contributed by atoms with E-state index in [4.69, 9.17) is 0 Å². The largest absolute Gasteiger partial charge is 0.467 e. The summed E-state index contributed by atoms with van der Waals surface area (Å²) in [5.74, 6) is -0.928. The summed E-state index contributed by atoms with van der Waals surface area (Å²) < 4.78 is 5.42. The predicted octanol–water partition coefficient (Wildman–Crippen LogP) is 1.48. The molecule has 1 heterocycles. The molecule has 1 aromatic heterocycles. The topological polar surface area (TPSA) is 75.6 Å². The Balaban J connectivity index is 2.16. The Morgan fingerprint density at radius 2 is 2.26 bits per heavy atom. The maximum absolute atomic E-state index is 11.5. The number of carbonyl (C=O) groups excluding carboxylic acids is 2. The number of carbonyl (C=O) groups is 2. The van der Waals surface area contributed by atoms with Gasteiger partial charge in [-0.15, -0.1) is 11.3 Å². The van der Waals surface area contributed by atoms with Crippen molar-refractivity contribution in [2.45, 2.75) is 25.4 Å². The van der Waals surface area contributed by atoms with E-state index in [1.807, 2.05) is 12.1 Å². The smallest absolute Gasteiger partial charge is 0.336 e. The minimum absolute atomic E-state index is 0.115. The zero-order valence-corrected chi connectivity index (χ0v) is 12.9. The molecule has 1 atom stereocenters. The number of amides is 1. The van der Waals surface area contributed by atoms with E-state index in [9.17, 15) is 14.7 Å². The summed E-state index contributed by atoms with van der Waals surface area (Å²) >= 11 is 5.03. The molecule has 0 bridgehead atoms. The molecular weight excluding hydrogens is 334 g/mol. The molecule has 5 nitrogen and oxygen atoms in total. The first kappa shape index (κ1) is 16.1. The molecular formula is C12H16BrNO4S. The lowest BCUT2D eigenvalue weighted by Crippen LogP contribution is -2.37. The molecule has 106 valence electrons. The summed E-state index contributed by atoms with van der Waals surface area (Å²) in [6.45, 7) is -0.115. The number of nitrogens with one attached hydrogen (secondary N) is 1. The molecule has 19 heavy (non-hydrogen) atoms. The van der Waals surface area contributed by atoms with Gasteiger partial charge in [0.25, 0.3) is 0 Å². The third-order valence-corrected chi connectivity index (χ3v) is 4.11. The quantitative estimate of drug-likeness (QED) is 0.731. The molecule has 2 N–H and O–H groups in total. The molecule has 1 unspecified atom stereocenters. The number of aliphatic hydroxyl groups is 1. The minimum atomic E-state index is -1.30. The lowest BCUT2D eigenvalue weighted by atomic mass is 10.2. The second kappa shape index (κ2) is 8.29. The zero-order chi connectivity index (χ0) is 14.3. The van der Waals surface area contributed by atoms with Crippen molar-refractivity contribution in [3.8, 4) is 0 Å². The fourth-order valence-electron chi connectivity index (χ4n) is 1.43. The molecule has 7 heteroatoms. The van der Waals surface area contributed by atoms with Crippen LogP contribution in [0.4, 0.5) is 0 Å². The van der Waals surface area contributed by atoms with Crippen molar-refractivity contribution in [1.29, 1.82) is 0 Å². The highest BCUT2D eigenvalue weighted by atomic mass is 79.9. The summed E-state index contributed by atoms with van der Waals surface area (Å²) in [7, 11) is 1.19. The van der Waals surface area contributed by atoms with Crippen LogP contribution in [-0.2, 0) is 20.7 Å². The maximum atomic E-state index is 11.5. The minimum Gasteiger partial charge on any atom is -0.467 e. The van der Waals surface area contributed by atoms with E-state index in [0.29, 0.717) is 6.42 Å². The van der Waals surface area contributed by atoms with Crippen LogP contribution in [0, 0.1) is 0 Å². The van der Waals surface area contributed by atoms with Gasteiger partial charge in [0.05, 0.1) is 17.4 Å². The first-order chi connectivity index (χ1) is 9.02. The van der Waals surface area contributed by atoms with Crippen LogP contribution in [0.1, 0.15) is 17.7 Å². The summed E-state index contributed by atoms with van der Waals surface area (Å²) in [4.78, 5) is 23.6. The second-order valence-corrected chi connectivity index (χ2v) is 6.45. The van der Waals surface area contributed by atoms with E-state index in [0.717, 1.165) is 16.6 Å². The first-order valence-electron chi connectivity index (χ1n) is 5.79. The van der Waals surface area contributed by atoms with Gasteiger partial charge in [-0.25, -0.2) is 4.79 Å². The number of aryl methyl sites for hydroxylation is 1. The van der Waals surface area contributed by atoms with Crippen molar-refractivity contribution in [3.63, 3.8) is 0 Å². The number of thiophene rings is 1. The SMILES string of the molecule is COC(=O)C(O)CNC(=O)CCCc1ccc(Br)s1. The van der Waals surface area contributed by atoms with Crippen molar-refractivity contribution in [2.75, 3.05) is 13.7 Å². The van der Waals surface area contributed by atoms with Crippen LogP contribution >= 0.6 is 27.3 Å². The number of hydrogen-bond donors (Lipinski definition) is 2. The van der Waals surface area contributed by atoms with E-state index in [1.165, 1.54) is 12.0 Å². The number of rotatable bonds is 7. The Kier molecular flexibility index (Phi) is 7.04. The Hall–Kier alpha value is -0.920. The van der Waals surface area contributed by atoms with Crippen molar-refractivity contribution in [3.05, 3.63) is 20.8 Å². The zero-order valence-electron chi connectivity index (χ0n) is 10.5. The van der Waals surface area contributed by atoms with Gasteiger partial charge in [0.2, 0.25) is 5.91 Å². The van der Waals surface area contributed by atoms with E-state index >= 15 is 0 Å². The average Bonchev–Trinajstić information content (AvgIpc) is 2.80. The van der Waals surface area contributed by atoms with E-state index < -0.39 is 12.1 Å². The predicted molar refractivity (Wildman–Crippen MR) is 76.0 cm³/mol. The third kappa shape index (κ3) is 6.17. The van der Waals surface area contributed by atoms with Crippen molar-refractivity contribution in [1.82, 2.24) is 5.32 Å². The molecule has 0 radical (unpaired) electrons. The number of hydrogen-bond acceptors (Lipinski definition) is 5. The summed E-state index contributed by atoms with van der Waals surface area (Å²) in [5.41, 5.74) is 0. The highest BCUT2D eigenvalue weighted by Gasteiger charge is 2.15. The molecule has 0 aliphatic carbocycles. The van der Waals surface area contributed by atoms with E-state index in [2.05, 4.69) is 26.0 Å². The number of esters is 1. The van der Waals surface area contributed by atoms with Crippen molar-refractivity contribution < 1.29 is 19.4 Å². The summed E-state index contributed by atoms with van der Waals surface area (Å²) in [6.07, 6.45) is 0.627. The van der Waals surface area contributed by atoms with Crippen molar-refractivity contribution in [2.24, 2.45) is 0 Å². The average molecular weight is 350 g/mol. The van der Waals surface area contributed by atoms with Crippen molar-refractivity contribution >= 4 is 39.1 Å². The molecule has 0 aromatic carbocycles. The number of methoxy groups -OCH3 is 1. The van der Waals surface area contributed by atoms with Crippen LogP contribution in [0.15, 0.2) is 15.9 Å². The van der Waals surface area contributed by atoms with Gasteiger partial charge in [-0.2, -0.15) is 0 Å². The van der Waals surface area contributed by atoms with E-state index in [1.54, 1.807) is 11.3 Å².